The summed E-state index contributed by atoms with van der Waals surface area (Å²) in [6.07, 6.45) is 3.99. The number of esters is 2. The first-order valence-electron chi connectivity index (χ1n) is 6.81. The summed E-state index contributed by atoms with van der Waals surface area (Å²) in [7, 11) is 2.93. The van der Waals surface area contributed by atoms with Gasteiger partial charge in [0.15, 0.2) is 0 Å². The van der Waals surface area contributed by atoms with Crippen molar-refractivity contribution >= 4 is 11.9 Å². The molecule has 6 unspecified atom stereocenters. The second kappa shape index (κ2) is 4.25. The predicted molar refractivity (Wildman–Crippen MR) is 63.4 cm³/mol. The van der Waals surface area contributed by atoms with Crippen LogP contribution < -0.4 is 0 Å². The Morgan fingerprint density at radius 2 is 1.50 bits per heavy atom. The van der Waals surface area contributed by atoms with Crippen LogP contribution in [0.15, 0.2) is 0 Å². The van der Waals surface area contributed by atoms with Gasteiger partial charge in [0.05, 0.1) is 26.1 Å². The third-order valence-corrected chi connectivity index (χ3v) is 5.51. The topological polar surface area (TPSA) is 52.6 Å². The van der Waals surface area contributed by atoms with Gasteiger partial charge >= 0.3 is 11.9 Å². The number of carbonyl (C=O) groups excluding carboxylic acids is 2. The van der Waals surface area contributed by atoms with Gasteiger partial charge in [-0.15, -0.1) is 0 Å². The van der Waals surface area contributed by atoms with E-state index in [1.807, 2.05) is 0 Å². The van der Waals surface area contributed by atoms with Crippen LogP contribution in [0.3, 0.4) is 0 Å². The van der Waals surface area contributed by atoms with Gasteiger partial charge in [-0.1, -0.05) is 0 Å². The van der Waals surface area contributed by atoms with Crippen molar-refractivity contribution in [3.05, 3.63) is 0 Å². The van der Waals surface area contributed by atoms with Crippen molar-refractivity contribution in [2.45, 2.75) is 25.7 Å². The third kappa shape index (κ3) is 1.57. The van der Waals surface area contributed by atoms with Crippen molar-refractivity contribution in [2.75, 3.05) is 14.2 Å². The Morgan fingerprint density at radius 1 is 0.833 bits per heavy atom. The van der Waals surface area contributed by atoms with Crippen molar-refractivity contribution < 1.29 is 19.1 Å². The molecule has 0 saturated heterocycles. The highest BCUT2D eigenvalue weighted by Gasteiger charge is 2.58. The normalized spacial score (nSPS) is 44.8. The lowest BCUT2D eigenvalue weighted by Crippen LogP contribution is -2.30. The molecule has 0 spiro atoms. The Balaban J connectivity index is 1.72. The van der Waals surface area contributed by atoms with Crippen LogP contribution in [-0.2, 0) is 19.1 Å². The highest BCUT2D eigenvalue weighted by Crippen LogP contribution is 2.62. The lowest BCUT2D eigenvalue weighted by Gasteiger charge is -2.29. The van der Waals surface area contributed by atoms with E-state index in [1.165, 1.54) is 14.2 Å². The van der Waals surface area contributed by atoms with E-state index >= 15 is 0 Å². The fourth-order valence-electron chi connectivity index (χ4n) is 4.85. The molecule has 4 heteroatoms. The molecule has 4 nitrogen and oxygen atoms in total. The Morgan fingerprint density at radius 3 is 2.17 bits per heavy atom. The molecule has 3 saturated carbocycles. The number of carbonyl (C=O) groups is 2. The zero-order valence-electron chi connectivity index (χ0n) is 10.9. The molecule has 0 aromatic carbocycles. The molecule has 2 bridgehead atoms. The molecule has 0 N–H and O–H groups in total. The first kappa shape index (κ1) is 12.0. The maximum Gasteiger partial charge on any atom is 0.308 e. The number of hydrogen-bond donors (Lipinski definition) is 0. The largest absolute Gasteiger partial charge is 0.469 e. The molecule has 3 aliphatic carbocycles. The number of fused-ring (bicyclic) bond motifs is 5. The molecule has 6 atom stereocenters. The Kier molecular flexibility index (Phi) is 2.83. The molecule has 0 radical (unpaired) electrons. The molecule has 0 heterocycles. The maximum absolute atomic E-state index is 11.8. The summed E-state index contributed by atoms with van der Waals surface area (Å²) in [5.41, 5.74) is 0. The Hall–Kier alpha value is -1.06. The van der Waals surface area contributed by atoms with Crippen LogP contribution in [-0.4, -0.2) is 26.2 Å². The number of ether oxygens (including phenoxy) is 2. The van der Waals surface area contributed by atoms with Crippen molar-refractivity contribution in [1.29, 1.82) is 0 Å². The lowest BCUT2D eigenvalue weighted by atomic mass is 9.76. The zero-order chi connectivity index (χ0) is 12.9. The number of hydrogen-bond acceptors (Lipinski definition) is 4. The van der Waals surface area contributed by atoms with E-state index in [2.05, 4.69) is 0 Å². The van der Waals surface area contributed by atoms with Crippen LogP contribution >= 0.6 is 0 Å². The van der Waals surface area contributed by atoms with Crippen LogP contribution in [0, 0.1) is 35.5 Å². The van der Waals surface area contributed by atoms with Crippen molar-refractivity contribution in [3.8, 4) is 0 Å². The van der Waals surface area contributed by atoms with Crippen LogP contribution in [0.2, 0.25) is 0 Å². The SMILES string of the molecule is COC(=O)C1CC2C3CC(C(=O)OC)C(C3)C2C1. The molecule has 0 aliphatic heterocycles. The monoisotopic (exact) mass is 252 g/mol. The molecule has 0 aromatic heterocycles. The molecular formula is C14H20O4. The Bertz CT molecular complexity index is 378. The first-order valence-corrected chi connectivity index (χ1v) is 6.81. The van der Waals surface area contributed by atoms with Crippen molar-refractivity contribution in [1.82, 2.24) is 0 Å². The minimum absolute atomic E-state index is 0.0533. The summed E-state index contributed by atoms with van der Waals surface area (Å²) < 4.78 is 9.76. The fraction of sp³-hybridized carbons (Fsp3) is 0.857. The average Bonchev–Trinajstić information content (AvgIpc) is 3.06. The standard InChI is InChI=1S/C14H20O4/c1-17-13(15)8-5-9-7-3-11(10(9)6-8)12(4-7)14(16)18-2/h7-12H,3-6H2,1-2H3. The molecule has 3 aliphatic rings. The molecule has 100 valence electrons. The predicted octanol–water partition coefficient (Wildman–Crippen LogP) is 1.63. The zero-order valence-corrected chi connectivity index (χ0v) is 10.9. The molecule has 0 aromatic rings. The number of methoxy groups -OCH3 is 2. The van der Waals surface area contributed by atoms with Gasteiger partial charge in [0.25, 0.3) is 0 Å². The van der Waals surface area contributed by atoms with Crippen molar-refractivity contribution in [2.24, 2.45) is 35.5 Å². The molecule has 18 heavy (non-hydrogen) atoms. The summed E-state index contributed by atoms with van der Waals surface area (Å²) in [4.78, 5) is 23.4. The lowest BCUT2D eigenvalue weighted by molar-refractivity contribution is -0.148. The van der Waals surface area contributed by atoms with Gasteiger partial charge in [-0.25, -0.2) is 0 Å². The van der Waals surface area contributed by atoms with Crippen LogP contribution in [0.25, 0.3) is 0 Å². The van der Waals surface area contributed by atoms with Gasteiger partial charge in [0, 0.05) is 0 Å². The average molecular weight is 252 g/mol. The molecular weight excluding hydrogens is 232 g/mol. The summed E-state index contributed by atoms with van der Waals surface area (Å²) >= 11 is 0. The van der Waals surface area contributed by atoms with E-state index in [0.29, 0.717) is 23.7 Å². The third-order valence-electron chi connectivity index (χ3n) is 5.51. The molecule has 3 rings (SSSR count). The van der Waals surface area contributed by atoms with Gasteiger partial charge in [0.1, 0.15) is 0 Å². The smallest absolute Gasteiger partial charge is 0.308 e. The summed E-state index contributed by atoms with van der Waals surface area (Å²) in [6, 6.07) is 0. The minimum Gasteiger partial charge on any atom is -0.469 e. The van der Waals surface area contributed by atoms with Gasteiger partial charge in [-0.2, -0.15) is 0 Å². The van der Waals surface area contributed by atoms with Crippen LogP contribution in [0.1, 0.15) is 25.7 Å². The van der Waals surface area contributed by atoms with Gasteiger partial charge in [0.2, 0.25) is 0 Å². The van der Waals surface area contributed by atoms with E-state index < -0.39 is 0 Å². The molecule has 3 fully saturated rings. The van der Waals surface area contributed by atoms with Crippen LogP contribution in [0.5, 0.6) is 0 Å². The summed E-state index contributed by atoms with van der Waals surface area (Å²) in [5, 5.41) is 0. The first-order chi connectivity index (χ1) is 8.65. The van der Waals surface area contributed by atoms with E-state index in [0.717, 1.165) is 25.7 Å². The molecule has 0 amide bonds. The van der Waals surface area contributed by atoms with E-state index in [1.54, 1.807) is 0 Å². The van der Waals surface area contributed by atoms with Gasteiger partial charge in [-0.05, 0) is 49.4 Å². The van der Waals surface area contributed by atoms with E-state index in [-0.39, 0.29) is 23.8 Å². The summed E-state index contributed by atoms with van der Waals surface area (Å²) in [5.74, 6) is 2.27. The van der Waals surface area contributed by atoms with Crippen molar-refractivity contribution in [3.63, 3.8) is 0 Å². The Labute approximate surface area is 107 Å². The quantitative estimate of drug-likeness (QED) is 0.701. The highest BCUT2D eigenvalue weighted by molar-refractivity contribution is 5.74. The fourth-order valence-corrected chi connectivity index (χ4v) is 4.85. The maximum atomic E-state index is 11.8. The minimum atomic E-state index is -0.0709. The second-order valence-corrected chi connectivity index (χ2v) is 6.04. The van der Waals surface area contributed by atoms with E-state index in [4.69, 9.17) is 9.47 Å². The van der Waals surface area contributed by atoms with Gasteiger partial charge < -0.3 is 9.47 Å². The van der Waals surface area contributed by atoms with Gasteiger partial charge in [-0.3, -0.25) is 9.59 Å². The number of rotatable bonds is 2. The second-order valence-electron chi connectivity index (χ2n) is 6.04. The highest BCUT2D eigenvalue weighted by atomic mass is 16.5. The summed E-state index contributed by atoms with van der Waals surface area (Å²) in [6.45, 7) is 0. The van der Waals surface area contributed by atoms with E-state index in [9.17, 15) is 9.59 Å². The van der Waals surface area contributed by atoms with Crippen LogP contribution in [0.4, 0.5) is 0 Å².